The summed E-state index contributed by atoms with van der Waals surface area (Å²) in [6, 6.07) is 14.8. The minimum absolute atomic E-state index is 0.106. The highest BCUT2D eigenvalue weighted by atomic mass is 16.5. The minimum Gasteiger partial charge on any atom is -0.497 e. The Morgan fingerprint density at radius 2 is 1.59 bits per heavy atom. The number of hydrogen-bond acceptors (Lipinski definition) is 5. The third kappa shape index (κ3) is 3.78. The Morgan fingerprint density at radius 1 is 0.897 bits per heavy atom. The number of hydrogen-bond donors (Lipinski definition) is 1. The highest BCUT2D eigenvalue weighted by Gasteiger charge is 2.46. The van der Waals surface area contributed by atoms with Crippen LogP contribution in [0.5, 0.6) is 11.5 Å². The molecular formula is C22H26N3O4+. The molecule has 2 heterocycles. The van der Waals surface area contributed by atoms with Gasteiger partial charge in [0.1, 0.15) is 11.5 Å². The molecule has 0 saturated carbocycles. The van der Waals surface area contributed by atoms with Gasteiger partial charge in [-0.3, -0.25) is 9.59 Å². The van der Waals surface area contributed by atoms with Gasteiger partial charge in [-0.2, -0.15) is 0 Å². The van der Waals surface area contributed by atoms with Crippen LogP contribution in [0.2, 0.25) is 0 Å². The topological polar surface area (TPSA) is 63.5 Å². The first-order valence-electron chi connectivity index (χ1n) is 9.85. The van der Waals surface area contributed by atoms with Gasteiger partial charge in [0.15, 0.2) is 6.04 Å². The van der Waals surface area contributed by atoms with Crippen molar-refractivity contribution in [2.24, 2.45) is 0 Å². The standard InChI is InChI=1S/C22H25N3O4/c1-28-18-8-6-16(7-9-18)25-21(26)15-20(22(25)27)24-12-10-23(11-13-24)17-4-3-5-19(14-17)29-2/h3-9,14,20H,10-13,15H2,1-2H3/p+1/t20-/m1/s1. The second kappa shape index (κ2) is 8.13. The Bertz CT molecular complexity index is 891. The SMILES string of the molecule is COc1ccc(N2C(=O)C[C@@H]([NH+]3CCN(c4cccc(OC)c4)CC3)C2=O)cc1. The molecule has 152 valence electrons. The number of carbonyl (C=O) groups excluding carboxylic acids is 2. The van der Waals surface area contributed by atoms with E-state index in [-0.39, 0.29) is 24.3 Å². The van der Waals surface area contributed by atoms with Crippen LogP contribution in [0, 0.1) is 0 Å². The molecule has 0 bridgehead atoms. The highest BCUT2D eigenvalue weighted by molar-refractivity contribution is 6.21. The summed E-state index contributed by atoms with van der Waals surface area (Å²) in [6.45, 7) is 3.31. The Morgan fingerprint density at radius 3 is 2.24 bits per heavy atom. The maximum atomic E-state index is 13.0. The zero-order valence-corrected chi connectivity index (χ0v) is 16.8. The van der Waals surface area contributed by atoms with Gasteiger partial charge in [0.05, 0.1) is 52.5 Å². The van der Waals surface area contributed by atoms with E-state index < -0.39 is 0 Å². The fourth-order valence-electron chi connectivity index (χ4n) is 4.16. The molecular weight excluding hydrogens is 370 g/mol. The number of nitrogens with zero attached hydrogens (tertiary/aromatic N) is 2. The highest BCUT2D eigenvalue weighted by Crippen LogP contribution is 2.25. The van der Waals surface area contributed by atoms with E-state index in [0.29, 0.717) is 11.4 Å². The number of rotatable bonds is 5. The van der Waals surface area contributed by atoms with Gasteiger partial charge in [-0.05, 0) is 36.4 Å². The fraction of sp³-hybridized carbons (Fsp3) is 0.364. The van der Waals surface area contributed by atoms with Gasteiger partial charge in [-0.15, -0.1) is 0 Å². The lowest BCUT2D eigenvalue weighted by molar-refractivity contribution is -0.915. The molecule has 0 aromatic heterocycles. The third-order valence-electron chi connectivity index (χ3n) is 5.79. The summed E-state index contributed by atoms with van der Waals surface area (Å²) in [6.07, 6.45) is 0.263. The van der Waals surface area contributed by atoms with Crippen LogP contribution in [0.4, 0.5) is 11.4 Å². The largest absolute Gasteiger partial charge is 0.497 e. The number of imide groups is 1. The van der Waals surface area contributed by atoms with Crippen LogP contribution < -0.4 is 24.2 Å². The smallest absolute Gasteiger partial charge is 0.292 e. The maximum absolute atomic E-state index is 13.0. The van der Waals surface area contributed by atoms with Crippen molar-refractivity contribution in [2.75, 3.05) is 50.2 Å². The first-order valence-corrected chi connectivity index (χ1v) is 9.85. The molecule has 0 unspecified atom stereocenters. The van der Waals surface area contributed by atoms with Crippen molar-refractivity contribution in [2.45, 2.75) is 12.5 Å². The zero-order chi connectivity index (χ0) is 20.4. The summed E-state index contributed by atoms with van der Waals surface area (Å²) in [5, 5.41) is 0. The summed E-state index contributed by atoms with van der Waals surface area (Å²) in [5.41, 5.74) is 1.73. The Kier molecular flexibility index (Phi) is 5.40. The van der Waals surface area contributed by atoms with Gasteiger partial charge < -0.3 is 19.3 Å². The quantitative estimate of drug-likeness (QED) is 0.756. The van der Waals surface area contributed by atoms with E-state index in [1.807, 2.05) is 18.2 Å². The monoisotopic (exact) mass is 396 g/mol. The van der Waals surface area contributed by atoms with Gasteiger partial charge in [0.2, 0.25) is 5.91 Å². The Hall–Kier alpha value is -3.06. The van der Waals surface area contributed by atoms with E-state index in [4.69, 9.17) is 9.47 Å². The van der Waals surface area contributed by atoms with Crippen LogP contribution >= 0.6 is 0 Å². The van der Waals surface area contributed by atoms with Crippen molar-refractivity contribution < 1.29 is 24.0 Å². The third-order valence-corrected chi connectivity index (χ3v) is 5.79. The summed E-state index contributed by atoms with van der Waals surface area (Å²) >= 11 is 0. The predicted octanol–water partition coefficient (Wildman–Crippen LogP) is 0.741. The van der Waals surface area contributed by atoms with Crippen molar-refractivity contribution >= 4 is 23.2 Å². The first-order chi connectivity index (χ1) is 14.1. The number of quaternary nitrogens is 1. The van der Waals surface area contributed by atoms with Crippen LogP contribution in [0.1, 0.15) is 6.42 Å². The summed E-state index contributed by atoms with van der Waals surface area (Å²) in [5.74, 6) is 1.30. The number of anilines is 2. The van der Waals surface area contributed by atoms with Gasteiger partial charge in [0, 0.05) is 11.8 Å². The van der Waals surface area contributed by atoms with Crippen molar-refractivity contribution in [3.05, 3.63) is 48.5 Å². The molecule has 2 aromatic carbocycles. The number of nitrogens with one attached hydrogen (secondary N) is 1. The summed E-state index contributed by atoms with van der Waals surface area (Å²) in [7, 11) is 3.25. The van der Waals surface area contributed by atoms with Crippen molar-refractivity contribution in [3.8, 4) is 11.5 Å². The molecule has 2 amide bonds. The van der Waals surface area contributed by atoms with E-state index in [1.54, 1.807) is 38.5 Å². The molecule has 29 heavy (non-hydrogen) atoms. The summed E-state index contributed by atoms with van der Waals surface area (Å²) < 4.78 is 10.5. The van der Waals surface area contributed by atoms with Gasteiger partial charge in [0.25, 0.3) is 5.91 Å². The molecule has 2 saturated heterocycles. The molecule has 1 atom stereocenters. The second-order valence-electron chi connectivity index (χ2n) is 7.37. The van der Waals surface area contributed by atoms with Crippen LogP contribution in [0.3, 0.4) is 0 Å². The van der Waals surface area contributed by atoms with Gasteiger partial charge >= 0.3 is 0 Å². The molecule has 2 aromatic rings. The molecule has 0 aliphatic carbocycles. The van der Waals surface area contributed by atoms with E-state index >= 15 is 0 Å². The average Bonchev–Trinajstić information content (AvgIpc) is 3.08. The number of amides is 2. The lowest BCUT2D eigenvalue weighted by Crippen LogP contribution is -3.19. The molecule has 7 heteroatoms. The number of ether oxygens (including phenoxy) is 2. The molecule has 0 spiro atoms. The molecule has 4 rings (SSSR count). The number of methoxy groups -OCH3 is 2. The summed E-state index contributed by atoms with van der Waals surface area (Å²) in [4.78, 5) is 30.4. The lowest BCUT2D eigenvalue weighted by atomic mass is 10.1. The zero-order valence-electron chi connectivity index (χ0n) is 16.8. The Balaban J connectivity index is 1.42. The number of benzene rings is 2. The van der Waals surface area contributed by atoms with Gasteiger partial charge in [-0.1, -0.05) is 6.07 Å². The van der Waals surface area contributed by atoms with Crippen LogP contribution in [0.25, 0.3) is 0 Å². The predicted molar refractivity (Wildman–Crippen MR) is 110 cm³/mol. The van der Waals surface area contributed by atoms with E-state index in [9.17, 15) is 9.59 Å². The maximum Gasteiger partial charge on any atom is 0.292 e. The minimum atomic E-state index is -0.308. The van der Waals surface area contributed by atoms with E-state index in [2.05, 4.69) is 11.0 Å². The van der Waals surface area contributed by atoms with E-state index in [0.717, 1.165) is 37.6 Å². The molecule has 2 aliphatic heterocycles. The van der Waals surface area contributed by atoms with Crippen molar-refractivity contribution in [1.82, 2.24) is 0 Å². The van der Waals surface area contributed by atoms with Crippen LogP contribution in [-0.4, -0.2) is 58.3 Å². The average molecular weight is 396 g/mol. The number of carbonyl (C=O) groups is 2. The van der Waals surface area contributed by atoms with Gasteiger partial charge in [-0.25, -0.2) is 4.90 Å². The normalized spacial score (nSPS) is 20.3. The molecule has 7 nitrogen and oxygen atoms in total. The molecule has 2 fully saturated rings. The number of piperazine rings is 1. The lowest BCUT2D eigenvalue weighted by Gasteiger charge is -2.35. The second-order valence-corrected chi connectivity index (χ2v) is 7.37. The molecule has 1 N–H and O–H groups in total. The van der Waals surface area contributed by atoms with Crippen molar-refractivity contribution in [3.63, 3.8) is 0 Å². The van der Waals surface area contributed by atoms with Crippen molar-refractivity contribution in [1.29, 1.82) is 0 Å². The molecule has 2 aliphatic rings. The van der Waals surface area contributed by atoms with Crippen LogP contribution in [-0.2, 0) is 9.59 Å². The molecule has 0 radical (unpaired) electrons. The van der Waals surface area contributed by atoms with E-state index in [1.165, 1.54) is 9.80 Å². The Labute approximate surface area is 170 Å². The van der Waals surface area contributed by atoms with Crippen LogP contribution in [0.15, 0.2) is 48.5 Å². The first kappa shape index (κ1) is 19.3. The fourth-order valence-corrected chi connectivity index (χ4v) is 4.16.